The van der Waals surface area contributed by atoms with Crippen LogP contribution < -0.4 is 4.74 Å². The molecular weight excluding hydrogens is 239 g/mol. The van der Waals surface area contributed by atoms with Gasteiger partial charge in [0.1, 0.15) is 11.6 Å². The Morgan fingerprint density at radius 2 is 1.79 bits per heavy atom. The monoisotopic (exact) mass is 256 g/mol. The molecule has 0 saturated carbocycles. The summed E-state index contributed by atoms with van der Waals surface area (Å²) >= 11 is 0. The third-order valence-electron chi connectivity index (χ3n) is 2.90. The van der Waals surface area contributed by atoms with Crippen LogP contribution in [0.15, 0.2) is 61.2 Å². The van der Waals surface area contributed by atoms with Gasteiger partial charge in [-0.25, -0.2) is 4.39 Å². The van der Waals surface area contributed by atoms with Crippen LogP contribution in [-0.2, 0) is 12.8 Å². The molecule has 2 rings (SSSR count). The van der Waals surface area contributed by atoms with Crippen LogP contribution in [0.25, 0.3) is 0 Å². The molecule has 0 heterocycles. The summed E-state index contributed by atoms with van der Waals surface area (Å²) in [6, 6.07) is 14.5. The summed E-state index contributed by atoms with van der Waals surface area (Å²) in [5.41, 5.74) is 2.21. The van der Waals surface area contributed by atoms with Crippen LogP contribution in [0.1, 0.15) is 11.1 Å². The van der Waals surface area contributed by atoms with Gasteiger partial charge in [0, 0.05) is 6.42 Å². The molecule has 0 unspecified atom stereocenters. The zero-order valence-corrected chi connectivity index (χ0v) is 10.8. The topological polar surface area (TPSA) is 9.23 Å². The number of hydrogen-bond donors (Lipinski definition) is 0. The van der Waals surface area contributed by atoms with Crippen molar-refractivity contribution in [3.8, 4) is 5.75 Å². The van der Waals surface area contributed by atoms with E-state index in [2.05, 4.69) is 6.58 Å². The quantitative estimate of drug-likeness (QED) is 0.705. The van der Waals surface area contributed by atoms with Crippen molar-refractivity contribution in [1.29, 1.82) is 0 Å². The summed E-state index contributed by atoms with van der Waals surface area (Å²) in [4.78, 5) is 0. The second kappa shape index (κ2) is 6.74. The Hall–Kier alpha value is -2.09. The minimum absolute atomic E-state index is 0.207. The van der Waals surface area contributed by atoms with Gasteiger partial charge >= 0.3 is 0 Å². The molecule has 0 radical (unpaired) electrons. The van der Waals surface area contributed by atoms with Gasteiger partial charge in [-0.3, -0.25) is 0 Å². The molecule has 19 heavy (non-hydrogen) atoms. The van der Waals surface area contributed by atoms with Crippen molar-refractivity contribution in [2.24, 2.45) is 0 Å². The second-order valence-electron chi connectivity index (χ2n) is 4.33. The SMILES string of the molecule is C=CCc1ccccc1OCCc1ccc(F)cc1. The van der Waals surface area contributed by atoms with Gasteiger partial charge in [-0.2, -0.15) is 0 Å². The van der Waals surface area contributed by atoms with Gasteiger partial charge in [0.2, 0.25) is 0 Å². The van der Waals surface area contributed by atoms with Gasteiger partial charge in [-0.1, -0.05) is 36.4 Å². The molecule has 0 aromatic heterocycles. The summed E-state index contributed by atoms with van der Waals surface area (Å²) in [5, 5.41) is 0. The molecule has 0 N–H and O–H groups in total. The third kappa shape index (κ3) is 3.95. The van der Waals surface area contributed by atoms with Gasteiger partial charge in [0.25, 0.3) is 0 Å². The lowest BCUT2D eigenvalue weighted by Gasteiger charge is -2.10. The lowest BCUT2D eigenvalue weighted by atomic mass is 10.1. The molecule has 0 aliphatic carbocycles. The van der Waals surface area contributed by atoms with E-state index in [9.17, 15) is 4.39 Å². The smallest absolute Gasteiger partial charge is 0.123 e. The molecule has 2 heteroatoms. The first-order valence-corrected chi connectivity index (χ1v) is 6.35. The number of hydrogen-bond acceptors (Lipinski definition) is 1. The standard InChI is InChI=1S/C17H17FO/c1-2-5-15-6-3-4-7-17(15)19-13-12-14-8-10-16(18)11-9-14/h2-4,6-11H,1,5,12-13H2. The van der Waals surface area contributed by atoms with E-state index in [0.717, 1.165) is 29.7 Å². The minimum Gasteiger partial charge on any atom is -0.493 e. The van der Waals surface area contributed by atoms with Crippen molar-refractivity contribution < 1.29 is 9.13 Å². The Labute approximate surface area is 113 Å². The first-order chi connectivity index (χ1) is 9.29. The van der Waals surface area contributed by atoms with Gasteiger partial charge in [-0.15, -0.1) is 6.58 Å². The third-order valence-corrected chi connectivity index (χ3v) is 2.90. The van der Waals surface area contributed by atoms with Crippen LogP contribution in [-0.4, -0.2) is 6.61 Å². The van der Waals surface area contributed by atoms with Crippen molar-refractivity contribution in [2.75, 3.05) is 6.61 Å². The minimum atomic E-state index is -0.207. The molecule has 2 aromatic rings. The zero-order valence-electron chi connectivity index (χ0n) is 10.8. The van der Waals surface area contributed by atoms with Crippen LogP contribution >= 0.6 is 0 Å². The first-order valence-electron chi connectivity index (χ1n) is 6.35. The number of benzene rings is 2. The van der Waals surface area contributed by atoms with Crippen molar-refractivity contribution in [1.82, 2.24) is 0 Å². The Morgan fingerprint density at radius 1 is 1.05 bits per heavy atom. The summed E-state index contributed by atoms with van der Waals surface area (Å²) in [6.45, 7) is 4.33. The summed E-state index contributed by atoms with van der Waals surface area (Å²) < 4.78 is 18.6. The highest BCUT2D eigenvalue weighted by molar-refractivity contribution is 5.34. The largest absolute Gasteiger partial charge is 0.493 e. The van der Waals surface area contributed by atoms with Crippen molar-refractivity contribution in [3.63, 3.8) is 0 Å². The average molecular weight is 256 g/mol. The van der Waals surface area contributed by atoms with E-state index in [4.69, 9.17) is 4.74 Å². The Bertz CT molecular complexity index is 531. The van der Waals surface area contributed by atoms with Gasteiger partial charge in [-0.05, 0) is 35.7 Å². The number of para-hydroxylation sites is 1. The Morgan fingerprint density at radius 3 is 2.53 bits per heavy atom. The lowest BCUT2D eigenvalue weighted by Crippen LogP contribution is -2.03. The fourth-order valence-corrected chi connectivity index (χ4v) is 1.90. The van der Waals surface area contributed by atoms with E-state index in [1.807, 2.05) is 30.3 Å². The van der Waals surface area contributed by atoms with E-state index in [0.29, 0.717) is 6.61 Å². The van der Waals surface area contributed by atoms with Crippen LogP contribution in [0.5, 0.6) is 5.75 Å². The van der Waals surface area contributed by atoms with Gasteiger partial charge in [0.15, 0.2) is 0 Å². The number of halogens is 1. The molecule has 0 aliphatic rings. The fraction of sp³-hybridized carbons (Fsp3) is 0.176. The summed E-state index contributed by atoms with van der Waals surface area (Å²) in [6.07, 6.45) is 3.43. The van der Waals surface area contributed by atoms with E-state index in [-0.39, 0.29) is 5.82 Å². The predicted molar refractivity (Wildman–Crippen MR) is 75.9 cm³/mol. The molecular formula is C17H17FO. The van der Waals surface area contributed by atoms with Crippen molar-refractivity contribution in [3.05, 3.63) is 78.1 Å². The predicted octanol–water partition coefficient (Wildman–Crippen LogP) is 4.18. The molecule has 0 amide bonds. The van der Waals surface area contributed by atoms with E-state index >= 15 is 0 Å². The lowest BCUT2D eigenvalue weighted by molar-refractivity contribution is 0.319. The fourth-order valence-electron chi connectivity index (χ4n) is 1.90. The highest BCUT2D eigenvalue weighted by Crippen LogP contribution is 2.19. The van der Waals surface area contributed by atoms with E-state index < -0.39 is 0 Å². The number of rotatable bonds is 6. The number of ether oxygens (including phenoxy) is 1. The van der Waals surface area contributed by atoms with E-state index in [1.54, 1.807) is 12.1 Å². The molecule has 0 spiro atoms. The highest BCUT2D eigenvalue weighted by atomic mass is 19.1. The molecule has 0 atom stereocenters. The molecule has 2 aromatic carbocycles. The molecule has 0 fully saturated rings. The van der Waals surface area contributed by atoms with Gasteiger partial charge < -0.3 is 4.74 Å². The van der Waals surface area contributed by atoms with E-state index in [1.165, 1.54) is 12.1 Å². The molecule has 0 bridgehead atoms. The Balaban J connectivity index is 1.92. The summed E-state index contributed by atoms with van der Waals surface area (Å²) in [7, 11) is 0. The average Bonchev–Trinajstić information content (AvgIpc) is 2.43. The normalized spacial score (nSPS) is 10.2. The molecule has 0 saturated heterocycles. The van der Waals surface area contributed by atoms with Crippen LogP contribution in [0.3, 0.4) is 0 Å². The maximum Gasteiger partial charge on any atom is 0.123 e. The molecule has 0 aliphatic heterocycles. The Kier molecular flexibility index (Phi) is 4.73. The highest BCUT2D eigenvalue weighted by Gasteiger charge is 2.01. The maximum atomic E-state index is 12.8. The summed E-state index contributed by atoms with van der Waals surface area (Å²) in [5.74, 6) is 0.686. The van der Waals surface area contributed by atoms with Crippen molar-refractivity contribution >= 4 is 0 Å². The van der Waals surface area contributed by atoms with Crippen LogP contribution in [0.2, 0.25) is 0 Å². The molecule has 98 valence electrons. The first kappa shape index (κ1) is 13.3. The number of allylic oxidation sites excluding steroid dienone is 1. The zero-order chi connectivity index (χ0) is 13.5. The van der Waals surface area contributed by atoms with Crippen LogP contribution in [0, 0.1) is 5.82 Å². The second-order valence-corrected chi connectivity index (χ2v) is 4.33. The van der Waals surface area contributed by atoms with Crippen molar-refractivity contribution in [2.45, 2.75) is 12.8 Å². The molecule has 1 nitrogen and oxygen atoms in total. The van der Waals surface area contributed by atoms with Gasteiger partial charge in [0.05, 0.1) is 6.61 Å². The maximum absolute atomic E-state index is 12.8. The van der Waals surface area contributed by atoms with Crippen LogP contribution in [0.4, 0.5) is 4.39 Å².